The maximum atomic E-state index is 12.4. The van der Waals surface area contributed by atoms with Crippen molar-refractivity contribution in [3.63, 3.8) is 0 Å². The van der Waals surface area contributed by atoms with Gasteiger partial charge in [-0.2, -0.15) is 0 Å². The maximum Gasteiger partial charge on any atom is 0.251 e. The second-order valence-corrected chi connectivity index (χ2v) is 8.20. The highest BCUT2D eigenvalue weighted by Crippen LogP contribution is 2.26. The van der Waals surface area contributed by atoms with E-state index in [1.165, 1.54) is 33.3 Å². The summed E-state index contributed by atoms with van der Waals surface area (Å²) in [6.07, 6.45) is 2.18. The molecule has 0 radical (unpaired) electrons. The van der Waals surface area contributed by atoms with Crippen LogP contribution in [0.1, 0.15) is 23.2 Å². The summed E-state index contributed by atoms with van der Waals surface area (Å²) < 4.78 is 31.0. The lowest BCUT2D eigenvalue weighted by Gasteiger charge is -2.23. The Morgan fingerprint density at radius 3 is 2.75 bits per heavy atom. The van der Waals surface area contributed by atoms with Crippen molar-refractivity contribution in [2.75, 3.05) is 40.8 Å². The number of sulfonamides is 1. The van der Waals surface area contributed by atoms with Crippen LogP contribution in [0.2, 0.25) is 0 Å². The number of amides is 1. The number of hydrogen-bond acceptors (Lipinski definition) is 5. The Morgan fingerprint density at radius 1 is 1.42 bits per heavy atom. The Bertz CT molecular complexity index is 683. The van der Waals surface area contributed by atoms with Crippen molar-refractivity contribution in [1.29, 1.82) is 0 Å². The molecule has 1 aliphatic rings. The number of nitrogens with zero attached hydrogens (tertiary/aromatic N) is 1. The lowest BCUT2D eigenvalue weighted by Crippen LogP contribution is -2.38. The van der Waals surface area contributed by atoms with Gasteiger partial charge in [-0.1, -0.05) is 0 Å². The molecule has 2 rings (SSSR count). The predicted molar refractivity (Wildman–Crippen MR) is 91.8 cm³/mol. The van der Waals surface area contributed by atoms with Crippen molar-refractivity contribution in [3.05, 3.63) is 23.8 Å². The smallest absolute Gasteiger partial charge is 0.251 e. The zero-order chi connectivity index (χ0) is 17.7. The molecule has 2 N–H and O–H groups in total. The zero-order valence-corrected chi connectivity index (χ0v) is 15.1. The highest BCUT2D eigenvalue weighted by Gasteiger charge is 2.24. The first-order valence-corrected chi connectivity index (χ1v) is 9.39. The number of nitrogens with one attached hydrogen (secondary N) is 2. The predicted octanol–water partition coefficient (Wildman–Crippen LogP) is 0.675. The van der Waals surface area contributed by atoms with Gasteiger partial charge in [0.25, 0.3) is 5.91 Å². The van der Waals surface area contributed by atoms with Gasteiger partial charge in [-0.25, -0.2) is 12.7 Å². The van der Waals surface area contributed by atoms with Gasteiger partial charge in [0.2, 0.25) is 10.0 Å². The van der Waals surface area contributed by atoms with Crippen molar-refractivity contribution in [3.8, 4) is 5.75 Å². The zero-order valence-electron chi connectivity index (χ0n) is 14.3. The van der Waals surface area contributed by atoms with E-state index < -0.39 is 10.0 Å². The fourth-order valence-corrected chi connectivity index (χ4v) is 3.73. The monoisotopic (exact) mass is 355 g/mol. The third-order valence-electron chi connectivity index (χ3n) is 4.13. The lowest BCUT2D eigenvalue weighted by molar-refractivity contribution is 0.0944. The van der Waals surface area contributed by atoms with Crippen LogP contribution in [0.5, 0.6) is 5.75 Å². The van der Waals surface area contributed by atoms with Crippen LogP contribution in [0.25, 0.3) is 0 Å². The van der Waals surface area contributed by atoms with Gasteiger partial charge in [0.05, 0.1) is 7.11 Å². The summed E-state index contributed by atoms with van der Waals surface area (Å²) in [5.74, 6) is 0.348. The number of methoxy groups -OCH3 is 1. The van der Waals surface area contributed by atoms with Crippen LogP contribution in [0.15, 0.2) is 23.1 Å². The van der Waals surface area contributed by atoms with Gasteiger partial charge in [-0.15, -0.1) is 0 Å². The van der Waals surface area contributed by atoms with E-state index in [0.29, 0.717) is 18.0 Å². The van der Waals surface area contributed by atoms with Crippen LogP contribution in [0, 0.1) is 5.92 Å². The van der Waals surface area contributed by atoms with E-state index in [2.05, 4.69) is 10.6 Å². The van der Waals surface area contributed by atoms with Crippen LogP contribution in [0.4, 0.5) is 0 Å². The molecule has 0 saturated carbocycles. The van der Waals surface area contributed by atoms with Gasteiger partial charge in [0, 0.05) is 26.2 Å². The lowest BCUT2D eigenvalue weighted by atomic mass is 9.99. The molecule has 0 bridgehead atoms. The van der Waals surface area contributed by atoms with Crippen molar-refractivity contribution < 1.29 is 17.9 Å². The number of carbonyl (C=O) groups excluding carboxylic acids is 1. The fraction of sp³-hybridized carbons (Fsp3) is 0.562. The van der Waals surface area contributed by atoms with Crippen molar-refractivity contribution in [1.82, 2.24) is 14.9 Å². The molecule has 24 heavy (non-hydrogen) atoms. The first-order valence-electron chi connectivity index (χ1n) is 7.95. The maximum absolute atomic E-state index is 12.4. The second-order valence-electron chi connectivity index (χ2n) is 6.08. The number of piperidine rings is 1. The molecule has 1 aromatic carbocycles. The summed E-state index contributed by atoms with van der Waals surface area (Å²) in [5.41, 5.74) is 0.306. The van der Waals surface area contributed by atoms with Crippen LogP contribution >= 0.6 is 0 Å². The van der Waals surface area contributed by atoms with E-state index in [4.69, 9.17) is 4.74 Å². The summed E-state index contributed by atoms with van der Waals surface area (Å²) in [5, 5.41) is 6.19. The second kappa shape index (κ2) is 7.96. The molecule has 1 fully saturated rings. The number of hydrogen-bond donors (Lipinski definition) is 2. The summed E-state index contributed by atoms with van der Waals surface area (Å²) in [6, 6.07) is 4.44. The van der Waals surface area contributed by atoms with Crippen LogP contribution in [-0.4, -0.2) is 59.5 Å². The molecule has 8 heteroatoms. The minimum Gasteiger partial charge on any atom is -0.495 e. The van der Waals surface area contributed by atoms with E-state index in [1.807, 2.05) is 0 Å². The number of ether oxygens (including phenoxy) is 1. The van der Waals surface area contributed by atoms with Gasteiger partial charge < -0.3 is 15.4 Å². The third-order valence-corrected chi connectivity index (χ3v) is 5.97. The molecule has 1 heterocycles. The molecular weight excluding hydrogens is 330 g/mol. The molecule has 1 unspecified atom stereocenters. The van der Waals surface area contributed by atoms with E-state index in [-0.39, 0.29) is 16.6 Å². The minimum atomic E-state index is -3.69. The largest absolute Gasteiger partial charge is 0.495 e. The Balaban J connectivity index is 2.16. The first kappa shape index (κ1) is 18.7. The molecule has 0 spiro atoms. The Hall–Kier alpha value is -1.64. The van der Waals surface area contributed by atoms with E-state index in [0.717, 1.165) is 30.2 Å². The summed E-state index contributed by atoms with van der Waals surface area (Å²) >= 11 is 0. The molecular formula is C16H25N3O4S. The standard InChI is InChI=1S/C16H25N3O4S/c1-19(2)24(21,22)15-9-13(6-7-14(15)23-3)16(20)18-11-12-5-4-8-17-10-12/h6-7,9,12,17H,4-5,8,10-11H2,1-3H3,(H,18,20). The molecule has 1 saturated heterocycles. The van der Waals surface area contributed by atoms with E-state index in [1.54, 1.807) is 6.07 Å². The van der Waals surface area contributed by atoms with Crippen molar-refractivity contribution in [2.24, 2.45) is 5.92 Å². The van der Waals surface area contributed by atoms with Crippen molar-refractivity contribution in [2.45, 2.75) is 17.7 Å². The molecule has 1 atom stereocenters. The average Bonchev–Trinajstić information content (AvgIpc) is 2.59. The molecule has 0 aromatic heterocycles. The molecule has 1 aromatic rings. The quantitative estimate of drug-likeness (QED) is 0.783. The minimum absolute atomic E-state index is 0.0121. The first-order chi connectivity index (χ1) is 11.4. The SMILES string of the molecule is COc1ccc(C(=O)NCC2CCCNC2)cc1S(=O)(=O)N(C)C. The number of benzene rings is 1. The highest BCUT2D eigenvalue weighted by molar-refractivity contribution is 7.89. The van der Waals surface area contributed by atoms with E-state index >= 15 is 0 Å². The van der Waals surface area contributed by atoms with Crippen molar-refractivity contribution >= 4 is 15.9 Å². The van der Waals surface area contributed by atoms with Gasteiger partial charge in [0.15, 0.2) is 0 Å². The Labute approximate surface area is 143 Å². The Morgan fingerprint density at radius 2 is 2.17 bits per heavy atom. The highest BCUT2D eigenvalue weighted by atomic mass is 32.2. The molecule has 0 aliphatic carbocycles. The number of carbonyl (C=O) groups is 1. The van der Waals surface area contributed by atoms with Gasteiger partial charge in [-0.3, -0.25) is 4.79 Å². The molecule has 134 valence electrons. The normalized spacial score (nSPS) is 18.4. The summed E-state index contributed by atoms with van der Waals surface area (Å²) in [4.78, 5) is 12.3. The molecule has 7 nitrogen and oxygen atoms in total. The van der Waals surface area contributed by atoms with Crippen LogP contribution < -0.4 is 15.4 Å². The number of rotatable bonds is 6. The molecule has 1 aliphatic heterocycles. The van der Waals surface area contributed by atoms with Gasteiger partial charge in [-0.05, 0) is 50.0 Å². The van der Waals surface area contributed by atoms with Crippen LogP contribution in [-0.2, 0) is 10.0 Å². The molecule has 1 amide bonds. The topological polar surface area (TPSA) is 87.7 Å². The fourth-order valence-electron chi connectivity index (χ4n) is 2.65. The summed E-state index contributed by atoms with van der Waals surface area (Å²) in [7, 11) is 0.594. The van der Waals surface area contributed by atoms with Crippen LogP contribution in [0.3, 0.4) is 0 Å². The summed E-state index contributed by atoms with van der Waals surface area (Å²) in [6.45, 7) is 2.49. The average molecular weight is 355 g/mol. The Kier molecular flexibility index (Phi) is 6.20. The van der Waals surface area contributed by atoms with E-state index in [9.17, 15) is 13.2 Å². The third kappa shape index (κ3) is 4.25. The van der Waals surface area contributed by atoms with Gasteiger partial charge >= 0.3 is 0 Å². The van der Waals surface area contributed by atoms with Gasteiger partial charge in [0.1, 0.15) is 10.6 Å².